The summed E-state index contributed by atoms with van der Waals surface area (Å²) in [6.45, 7) is 2.05. The number of morpholine rings is 1. The van der Waals surface area contributed by atoms with Crippen molar-refractivity contribution in [2.24, 2.45) is 0 Å². The van der Waals surface area contributed by atoms with E-state index in [2.05, 4.69) is 15.1 Å². The molecule has 2 unspecified atom stereocenters. The Hall–Kier alpha value is -1.50. The molecule has 3 saturated heterocycles. The van der Waals surface area contributed by atoms with Crippen molar-refractivity contribution in [2.45, 2.75) is 43.8 Å². The van der Waals surface area contributed by atoms with Crippen molar-refractivity contribution in [1.29, 1.82) is 0 Å². The summed E-state index contributed by atoms with van der Waals surface area (Å²) in [5, 5.41) is 8.08. The highest BCUT2D eigenvalue weighted by Crippen LogP contribution is 2.32. The number of halogens is 2. The first kappa shape index (κ1) is 13.0. The molecule has 3 aliphatic rings. The van der Waals surface area contributed by atoms with Gasteiger partial charge >= 0.3 is 0 Å². The molecule has 7 heteroatoms. The second-order valence-electron chi connectivity index (χ2n) is 6.41. The molecule has 4 rings (SSSR count). The van der Waals surface area contributed by atoms with E-state index in [4.69, 9.17) is 6.11 Å². The third kappa shape index (κ3) is 2.74. The SMILES string of the molecule is [2H]c1nnc(N2CC3CCC(C2)O3)cc1N1CCC(F)(F)CC1. The standard InChI is InChI=1S/C15H20F2N4O/c16-15(17)3-5-20(6-4-15)11-7-14(19-18-8-11)21-9-12-1-2-13(10-21)22-12/h7-8,12-13H,1-6,9-10H2/i8D. The quantitative estimate of drug-likeness (QED) is 0.836. The van der Waals surface area contributed by atoms with E-state index in [-0.39, 0.29) is 44.3 Å². The molecule has 0 spiro atoms. The van der Waals surface area contributed by atoms with Crippen LogP contribution < -0.4 is 9.80 Å². The number of anilines is 2. The fourth-order valence-electron chi connectivity index (χ4n) is 3.50. The molecule has 2 bridgehead atoms. The molecule has 5 nitrogen and oxygen atoms in total. The van der Waals surface area contributed by atoms with Crippen LogP contribution in [0.15, 0.2) is 12.2 Å². The summed E-state index contributed by atoms with van der Waals surface area (Å²) in [5.41, 5.74) is 0.601. The molecule has 0 radical (unpaired) electrons. The van der Waals surface area contributed by atoms with Gasteiger partial charge in [-0.25, -0.2) is 8.78 Å². The topological polar surface area (TPSA) is 41.5 Å². The van der Waals surface area contributed by atoms with Crippen molar-refractivity contribution in [3.8, 4) is 0 Å². The second kappa shape index (κ2) is 5.30. The van der Waals surface area contributed by atoms with E-state index in [1.54, 1.807) is 0 Å². The maximum absolute atomic E-state index is 13.3. The maximum atomic E-state index is 13.3. The fraction of sp³-hybridized carbons (Fsp3) is 0.733. The van der Waals surface area contributed by atoms with Crippen LogP contribution in [0.25, 0.3) is 0 Å². The summed E-state index contributed by atoms with van der Waals surface area (Å²) in [7, 11) is 0. The Labute approximate surface area is 129 Å². The molecule has 2 atom stereocenters. The lowest BCUT2D eigenvalue weighted by molar-refractivity contribution is -0.0220. The molecule has 22 heavy (non-hydrogen) atoms. The van der Waals surface area contributed by atoms with Crippen molar-refractivity contribution in [2.75, 3.05) is 36.0 Å². The molecule has 4 heterocycles. The van der Waals surface area contributed by atoms with Gasteiger partial charge in [-0.15, -0.1) is 5.10 Å². The normalized spacial score (nSPS) is 31.3. The summed E-state index contributed by atoms with van der Waals surface area (Å²) in [5.74, 6) is -1.88. The Kier molecular flexibility index (Phi) is 3.13. The molecule has 0 N–H and O–H groups in total. The highest BCUT2D eigenvalue weighted by atomic mass is 19.3. The first-order chi connectivity index (χ1) is 11.0. The number of hydrogen-bond acceptors (Lipinski definition) is 5. The van der Waals surface area contributed by atoms with Gasteiger partial charge in [-0.05, 0) is 12.8 Å². The van der Waals surface area contributed by atoms with Gasteiger partial charge in [0, 0.05) is 45.1 Å². The van der Waals surface area contributed by atoms with Crippen LogP contribution in [0.5, 0.6) is 0 Å². The van der Waals surface area contributed by atoms with Crippen molar-refractivity contribution in [1.82, 2.24) is 10.2 Å². The smallest absolute Gasteiger partial charge is 0.251 e. The van der Waals surface area contributed by atoms with Crippen LogP contribution in [0.4, 0.5) is 20.3 Å². The van der Waals surface area contributed by atoms with Gasteiger partial charge in [-0.2, -0.15) is 5.10 Å². The molecule has 1 aromatic heterocycles. The summed E-state index contributed by atoms with van der Waals surface area (Å²) in [6, 6.07) is 1.82. The van der Waals surface area contributed by atoms with Gasteiger partial charge in [0.25, 0.3) is 5.92 Å². The fourth-order valence-corrected chi connectivity index (χ4v) is 3.50. The molecule has 0 saturated carbocycles. The lowest BCUT2D eigenvalue weighted by atomic mass is 10.1. The van der Waals surface area contributed by atoms with Crippen LogP contribution in [0.2, 0.25) is 0 Å². The monoisotopic (exact) mass is 311 g/mol. The minimum atomic E-state index is -2.59. The number of alkyl halides is 2. The highest BCUT2D eigenvalue weighted by molar-refractivity contribution is 5.54. The van der Waals surface area contributed by atoms with E-state index in [1.807, 2.05) is 11.0 Å². The van der Waals surface area contributed by atoms with Crippen molar-refractivity contribution in [3.63, 3.8) is 0 Å². The van der Waals surface area contributed by atoms with Crippen molar-refractivity contribution < 1.29 is 14.9 Å². The van der Waals surface area contributed by atoms with Crippen LogP contribution in [0.3, 0.4) is 0 Å². The zero-order valence-electron chi connectivity index (χ0n) is 13.3. The van der Waals surface area contributed by atoms with Crippen molar-refractivity contribution >= 4 is 11.5 Å². The van der Waals surface area contributed by atoms with Crippen LogP contribution in [0.1, 0.15) is 27.1 Å². The average Bonchev–Trinajstić information content (AvgIpc) is 2.86. The van der Waals surface area contributed by atoms with E-state index >= 15 is 0 Å². The molecule has 3 aliphatic heterocycles. The van der Waals surface area contributed by atoms with Gasteiger partial charge in [0.1, 0.15) is 0 Å². The van der Waals surface area contributed by atoms with Crippen LogP contribution >= 0.6 is 0 Å². The minimum Gasteiger partial charge on any atom is -0.371 e. The molecule has 120 valence electrons. The number of rotatable bonds is 2. The van der Waals surface area contributed by atoms with Gasteiger partial charge in [-0.3, -0.25) is 0 Å². The Bertz CT molecular complexity index is 581. The third-order valence-electron chi connectivity index (χ3n) is 4.79. The highest BCUT2D eigenvalue weighted by Gasteiger charge is 2.36. The van der Waals surface area contributed by atoms with E-state index in [0.29, 0.717) is 11.5 Å². The van der Waals surface area contributed by atoms with Gasteiger partial charge in [0.2, 0.25) is 0 Å². The summed E-state index contributed by atoms with van der Waals surface area (Å²) in [6.07, 6.45) is 2.32. The number of aromatic nitrogens is 2. The number of piperidine rings is 1. The van der Waals surface area contributed by atoms with Crippen molar-refractivity contribution in [3.05, 3.63) is 12.2 Å². The van der Waals surface area contributed by atoms with Gasteiger partial charge in [-0.1, -0.05) is 0 Å². The number of nitrogens with zero attached hydrogens (tertiary/aromatic N) is 4. The van der Waals surface area contributed by atoms with E-state index in [1.165, 1.54) is 0 Å². The molecule has 0 aromatic carbocycles. The van der Waals surface area contributed by atoms with E-state index in [9.17, 15) is 8.78 Å². The van der Waals surface area contributed by atoms with Crippen LogP contribution in [-0.2, 0) is 4.74 Å². The number of hydrogen-bond donors (Lipinski definition) is 0. The van der Waals surface area contributed by atoms with Gasteiger partial charge < -0.3 is 14.5 Å². The lowest BCUT2D eigenvalue weighted by Crippen LogP contribution is -2.43. The predicted molar refractivity (Wildman–Crippen MR) is 78.5 cm³/mol. The minimum absolute atomic E-state index is 0.0511. The third-order valence-corrected chi connectivity index (χ3v) is 4.79. The Morgan fingerprint density at radius 3 is 2.55 bits per heavy atom. The first-order valence-corrected chi connectivity index (χ1v) is 7.88. The first-order valence-electron chi connectivity index (χ1n) is 8.38. The summed E-state index contributed by atoms with van der Waals surface area (Å²) < 4.78 is 40.5. The number of fused-ring (bicyclic) bond motifs is 2. The Morgan fingerprint density at radius 2 is 1.86 bits per heavy atom. The lowest BCUT2D eigenvalue weighted by Gasteiger charge is -2.35. The van der Waals surface area contributed by atoms with E-state index < -0.39 is 5.92 Å². The summed E-state index contributed by atoms with van der Waals surface area (Å²) in [4.78, 5) is 3.97. The Balaban J connectivity index is 1.54. The molecule has 3 fully saturated rings. The molecule has 0 amide bonds. The van der Waals surface area contributed by atoms with Crippen LogP contribution in [0, 0.1) is 0 Å². The zero-order chi connectivity index (χ0) is 16.0. The van der Waals surface area contributed by atoms with Crippen LogP contribution in [-0.4, -0.2) is 54.5 Å². The molecule has 1 aromatic rings. The van der Waals surface area contributed by atoms with Gasteiger partial charge in [0.15, 0.2) is 5.82 Å². The zero-order valence-corrected chi connectivity index (χ0v) is 12.3. The second-order valence-corrected chi connectivity index (χ2v) is 6.41. The molecule has 0 aliphatic carbocycles. The average molecular weight is 311 g/mol. The van der Waals surface area contributed by atoms with Gasteiger partial charge in [0.05, 0.1) is 25.4 Å². The summed E-state index contributed by atoms with van der Waals surface area (Å²) >= 11 is 0. The molecular formula is C15H20F2N4O. The Morgan fingerprint density at radius 1 is 1.18 bits per heavy atom. The largest absolute Gasteiger partial charge is 0.371 e. The molecular weight excluding hydrogens is 290 g/mol. The maximum Gasteiger partial charge on any atom is 0.251 e. The van der Waals surface area contributed by atoms with E-state index in [0.717, 1.165) is 25.9 Å². The number of ether oxygens (including phenoxy) is 1. The predicted octanol–water partition coefficient (Wildman–Crippen LogP) is 2.08.